The molecule has 1 amide bonds. The van der Waals surface area contributed by atoms with Crippen molar-refractivity contribution in [2.24, 2.45) is 11.8 Å². The minimum Gasteiger partial charge on any atom is -0.306 e. The highest BCUT2D eigenvalue weighted by Gasteiger charge is 2.35. The summed E-state index contributed by atoms with van der Waals surface area (Å²) < 4.78 is 0. The number of carbonyl (C=O) groups is 1. The summed E-state index contributed by atoms with van der Waals surface area (Å²) in [7, 11) is 2.12. The molecule has 1 aliphatic rings. The Morgan fingerprint density at radius 1 is 1.03 bits per heavy atom. The molecule has 4 rings (SSSR count). The van der Waals surface area contributed by atoms with Crippen molar-refractivity contribution >= 4 is 45.6 Å². The van der Waals surface area contributed by atoms with Crippen LogP contribution in [0, 0.1) is 5.92 Å². The van der Waals surface area contributed by atoms with Crippen molar-refractivity contribution in [2.45, 2.75) is 18.8 Å². The van der Waals surface area contributed by atoms with Gasteiger partial charge in [0.2, 0.25) is 5.91 Å². The van der Waals surface area contributed by atoms with Crippen molar-refractivity contribution < 1.29 is 4.79 Å². The predicted molar refractivity (Wildman–Crippen MR) is 125 cm³/mol. The number of rotatable bonds is 4. The Hall–Kier alpha value is -2.11. The molecule has 0 aliphatic carbocycles. The zero-order valence-corrected chi connectivity index (χ0v) is 18.4. The lowest BCUT2D eigenvalue weighted by atomic mass is 9.78. The number of nitrogens with zero attached hydrogens (tertiary/aromatic N) is 2. The molecule has 3 aromatic carbocycles. The van der Waals surface area contributed by atoms with Gasteiger partial charge in [-0.1, -0.05) is 65.7 Å². The van der Waals surface area contributed by atoms with Crippen molar-refractivity contribution in [3.63, 3.8) is 0 Å². The van der Waals surface area contributed by atoms with Gasteiger partial charge in [-0.15, -0.1) is 0 Å². The molecule has 0 radical (unpaired) electrons. The van der Waals surface area contributed by atoms with Crippen LogP contribution >= 0.6 is 23.2 Å². The Morgan fingerprint density at radius 3 is 2.37 bits per heavy atom. The number of amides is 1. The summed E-state index contributed by atoms with van der Waals surface area (Å²) in [5.41, 5.74) is 1.52. The molecule has 1 atom stereocenters. The Balaban J connectivity index is 1.78. The Kier molecular flexibility index (Phi) is 6.30. The molecule has 6 heteroatoms. The van der Waals surface area contributed by atoms with E-state index in [0.29, 0.717) is 15.7 Å². The van der Waals surface area contributed by atoms with Crippen LogP contribution in [0.3, 0.4) is 0 Å². The minimum atomic E-state index is -0.340. The van der Waals surface area contributed by atoms with E-state index >= 15 is 0 Å². The fraction of sp³-hybridized carbons (Fsp3) is 0.292. The lowest BCUT2D eigenvalue weighted by molar-refractivity contribution is -0.121. The van der Waals surface area contributed by atoms with E-state index in [9.17, 15) is 4.79 Å². The lowest BCUT2D eigenvalue weighted by Gasteiger charge is -2.36. The number of fused-ring (bicyclic) bond motifs is 1. The smallest absolute Gasteiger partial charge is 0.248 e. The average Bonchev–Trinajstić information content (AvgIpc) is 2.74. The van der Waals surface area contributed by atoms with E-state index in [0.717, 1.165) is 42.3 Å². The highest BCUT2D eigenvalue weighted by molar-refractivity contribution is 6.35. The van der Waals surface area contributed by atoms with Crippen LogP contribution in [-0.2, 0) is 4.79 Å². The number of halogens is 2. The molecule has 0 spiro atoms. The van der Waals surface area contributed by atoms with E-state index in [-0.39, 0.29) is 17.7 Å². The molecule has 4 nitrogen and oxygen atoms in total. The normalized spacial score (nSPS) is 16.5. The molecule has 1 fully saturated rings. The van der Waals surface area contributed by atoms with Crippen LogP contribution in [0.15, 0.2) is 60.7 Å². The topological polar surface area (TPSA) is 49.6 Å². The quantitative estimate of drug-likeness (QED) is 0.331. The van der Waals surface area contributed by atoms with E-state index in [1.807, 2.05) is 18.2 Å². The molecular formula is C24H25Cl2N3O. The molecule has 1 saturated heterocycles. The van der Waals surface area contributed by atoms with E-state index in [1.54, 1.807) is 18.2 Å². The number of carbonyl (C=O) groups excluding carboxylic acids is 1. The number of hydrogen-bond acceptors (Lipinski definition) is 3. The fourth-order valence-electron chi connectivity index (χ4n) is 4.43. The molecule has 0 aromatic heterocycles. The third-order valence-corrected chi connectivity index (χ3v) is 6.46. The van der Waals surface area contributed by atoms with Gasteiger partial charge >= 0.3 is 0 Å². The average molecular weight is 442 g/mol. The van der Waals surface area contributed by atoms with Crippen molar-refractivity contribution in [3.05, 3.63) is 76.3 Å². The molecule has 156 valence electrons. The van der Waals surface area contributed by atoms with Gasteiger partial charge in [-0.05, 0) is 73.4 Å². The summed E-state index contributed by atoms with van der Waals surface area (Å²) in [6.07, 6.45) is 1.89. The van der Waals surface area contributed by atoms with Gasteiger partial charge in [-0.2, -0.15) is 0 Å². The fourth-order valence-corrected chi connectivity index (χ4v) is 4.94. The summed E-state index contributed by atoms with van der Waals surface area (Å²) in [6, 6.07) is 19.3. The summed E-state index contributed by atoms with van der Waals surface area (Å²) in [5, 5.41) is 4.32. The van der Waals surface area contributed by atoms with Crippen LogP contribution in [0.25, 0.3) is 10.8 Å². The third-order valence-electron chi connectivity index (χ3n) is 6.02. The first-order valence-electron chi connectivity index (χ1n) is 10.1. The molecule has 3 aromatic rings. The minimum absolute atomic E-state index is 0.140. The number of hydrogen-bond donors (Lipinski definition) is 1. The lowest BCUT2D eigenvalue weighted by Crippen LogP contribution is -2.45. The highest BCUT2D eigenvalue weighted by Crippen LogP contribution is 2.38. The van der Waals surface area contributed by atoms with Crippen LogP contribution in [0.1, 0.15) is 24.3 Å². The van der Waals surface area contributed by atoms with Crippen LogP contribution in [-0.4, -0.2) is 30.9 Å². The molecule has 0 bridgehead atoms. The Labute approximate surface area is 187 Å². The Bertz CT molecular complexity index is 1040. The molecule has 1 unspecified atom stereocenters. The van der Waals surface area contributed by atoms with Crippen molar-refractivity contribution in [2.75, 3.05) is 25.1 Å². The first kappa shape index (κ1) is 21.1. The van der Waals surface area contributed by atoms with Crippen molar-refractivity contribution in [1.29, 1.82) is 0 Å². The van der Waals surface area contributed by atoms with Crippen LogP contribution in [0.2, 0.25) is 10.0 Å². The molecule has 1 heterocycles. The number of anilines is 1. The molecule has 1 aliphatic heterocycles. The van der Waals surface area contributed by atoms with Crippen LogP contribution in [0.5, 0.6) is 0 Å². The summed E-state index contributed by atoms with van der Waals surface area (Å²) in [5.74, 6) is 6.08. The van der Waals surface area contributed by atoms with Crippen LogP contribution < -0.4 is 10.9 Å². The van der Waals surface area contributed by atoms with Gasteiger partial charge < -0.3 is 4.90 Å². The van der Waals surface area contributed by atoms with Crippen molar-refractivity contribution in [3.8, 4) is 0 Å². The number of hydrazine groups is 1. The summed E-state index contributed by atoms with van der Waals surface area (Å²) >= 11 is 12.3. The monoisotopic (exact) mass is 441 g/mol. The maximum Gasteiger partial charge on any atom is 0.248 e. The SMILES string of the molecule is CN1CCC(C(C(=O)N(N)c2cc(Cl)cc(Cl)c2)c2cccc3ccccc23)CC1. The summed E-state index contributed by atoms with van der Waals surface area (Å²) in [4.78, 5) is 16.1. The molecule has 0 saturated carbocycles. The molecular weight excluding hydrogens is 417 g/mol. The second-order valence-electron chi connectivity index (χ2n) is 8.02. The predicted octanol–water partition coefficient (Wildman–Crippen LogP) is 5.48. The zero-order chi connectivity index (χ0) is 21.3. The van der Waals surface area contributed by atoms with Gasteiger partial charge in [0.1, 0.15) is 0 Å². The number of likely N-dealkylation sites (tertiary alicyclic amines) is 1. The van der Waals surface area contributed by atoms with Gasteiger partial charge in [-0.3, -0.25) is 4.79 Å². The number of benzene rings is 3. The standard InChI is InChI=1S/C24H25Cl2N3O/c1-28-11-9-17(10-12-28)23(22-8-4-6-16-5-2-3-7-21(16)22)24(30)29(27)20-14-18(25)13-19(26)15-20/h2-8,13-15,17,23H,9-12,27H2,1H3. The van der Waals surface area contributed by atoms with Gasteiger partial charge in [0.15, 0.2) is 0 Å². The highest BCUT2D eigenvalue weighted by atomic mass is 35.5. The Morgan fingerprint density at radius 2 is 1.67 bits per heavy atom. The van der Waals surface area contributed by atoms with Crippen LogP contribution in [0.4, 0.5) is 5.69 Å². The maximum absolute atomic E-state index is 13.8. The van der Waals surface area contributed by atoms with Gasteiger partial charge in [-0.25, -0.2) is 10.9 Å². The number of nitrogens with two attached hydrogens (primary N) is 1. The second kappa shape index (κ2) is 8.94. The van der Waals surface area contributed by atoms with E-state index in [4.69, 9.17) is 29.0 Å². The first-order chi connectivity index (χ1) is 14.4. The molecule has 2 N–H and O–H groups in total. The van der Waals surface area contributed by atoms with E-state index in [2.05, 4.69) is 36.2 Å². The molecule has 30 heavy (non-hydrogen) atoms. The van der Waals surface area contributed by atoms with E-state index < -0.39 is 0 Å². The summed E-state index contributed by atoms with van der Waals surface area (Å²) in [6.45, 7) is 1.93. The first-order valence-corrected chi connectivity index (χ1v) is 10.9. The maximum atomic E-state index is 13.8. The second-order valence-corrected chi connectivity index (χ2v) is 8.90. The van der Waals surface area contributed by atoms with Gasteiger partial charge in [0, 0.05) is 10.0 Å². The van der Waals surface area contributed by atoms with Gasteiger partial charge in [0.25, 0.3) is 0 Å². The van der Waals surface area contributed by atoms with Gasteiger partial charge in [0.05, 0.1) is 11.6 Å². The van der Waals surface area contributed by atoms with Crippen molar-refractivity contribution in [1.82, 2.24) is 4.90 Å². The largest absolute Gasteiger partial charge is 0.306 e. The number of piperidine rings is 1. The zero-order valence-electron chi connectivity index (χ0n) is 16.9. The van der Waals surface area contributed by atoms with E-state index in [1.165, 1.54) is 5.01 Å². The third kappa shape index (κ3) is 4.33.